The summed E-state index contributed by atoms with van der Waals surface area (Å²) in [4.78, 5) is 32.6. The van der Waals surface area contributed by atoms with Crippen molar-refractivity contribution in [1.29, 1.82) is 0 Å². The summed E-state index contributed by atoms with van der Waals surface area (Å²) < 4.78 is 0. The van der Waals surface area contributed by atoms with Gasteiger partial charge in [-0.1, -0.05) is 12.1 Å². The molecule has 1 aromatic heterocycles. The summed E-state index contributed by atoms with van der Waals surface area (Å²) >= 11 is 0. The van der Waals surface area contributed by atoms with Crippen molar-refractivity contribution in [3.63, 3.8) is 0 Å². The Morgan fingerprint density at radius 3 is 2.15 bits per heavy atom. The van der Waals surface area contributed by atoms with Crippen molar-refractivity contribution in [2.45, 2.75) is 19.9 Å². The highest BCUT2D eigenvalue weighted by Gasteiger charge is 2.10. The number of rotatable bonds is 4. The molecule has 0 saturated heterocycles. The van der Waals surface area contributed by atoms with Crippen LogP contribution in [-0.4, -0.2) is 27.9 Å². The van der Waals surface area contributed by atoms with Crippen molar-refractivity contribution in [2.24, 2.45) is 0 Å². The first kappa shape index (κ1) is 17.3. The van der Waals surface area contributed by atoms with Crippen LogP contribution in [0.2, 0.25) is 0 Å². The summed E-state index contributed by atoms with van der Waals surface area (Å²) in [5, 5.41) is 8.23. The molecule has 7 heteroatoms. The van der Waals surface area contributed by atoms with Gasteiger partial charge in [0, 0.05) is 17.4 Å². The number of carbonyl (C=O) groups excluding carboxylic acids is 2. The summed E-state index contributed by atoms with van der Waals surface area (Å²) in [6, 6.07) is 14.0. The van der Waals surface area contributed by atoms with E-state index in [1.54, 1.807) is 24.3 Å². The van der Waals surface area contributed by atoms with E-state index >= 15 is 0 Å². The molecule has 1 heterocycles. The Balaban J connectivity index is 1.66. The first-order valence-electron chi connectivity index (χ1n) is 8.22. The number of aromatic nitrogens is 2. The molecule has 0 fully saturated rings. The van der Waals surface area contributed by atoms with Crippen LogP contribution in [0.3, 0.4) is 0 Å². The summed E-state index contributed by atoms with van der Waals surface area (Å²) in [6.07, 6.45) is 1.45. The van der Waals surface area contributed by atoms with Gasteiger partial charge in [0.25, 0.3) is 5.91 Å². The Morgan fingerprint density at radius 2 is 1.50 bits per heavy atom. The number of carbonyl (C=O) groups is 2. The van der Waals surface area contributed by atoms with Gasteiger partial charge in [-0.05, 0) is 50.2 Å². The van der Waals surface area contributed by atoms with E-state index in [9.17, 15) is 9.59 Å². The molecule has 0 aliphatic heterocycles. The molecule has 26 heavy (non-hydrogen) atoms. The summed E-state index contributed by atoms with van der Waals surface area (Å²) in [7, 11) is 0. The second kappa shape index (κ2) is 7.60. The molecular weight excluding hydrogens is 330 g/mol. The molecule has 2 aromatic carbocycles. The van der Waals surface area contributed by atoms with Crippen LogP contribution < -0.4 is 16.0 Å². The Hall–Kier alpha value is -3.48. The first-order valence-corrected chi connectivity index (χ1v) is 8.22. The zero-order valence-corrected chi connectivity index (χ0v) is 14.5. The fourth-order valence-corrected chi connectivity index (χ4v) is 2.33. The number of fused-ring (bicyclic) bond motifs is 1. The maximum atomic E-state index is 12.3. The van der Waals surface area contributed by atoms with Crippen LogP contribution >= 0.6 is 0 Å². The smallest absolute Gasteiger partial charge is 0.319 e. The highest BCUT2D eigenvalue weighted by molar-refractivity contribution is 6.03. The molecular formula is C19H19N5O2. The molecule has 0 bridgehead atoms. The summed E-state index contributed by atoms with van der Waals surface area (Å²) in [5.74, 6) is -0.346. The minimum absolute atomic E-state index is 0.0524. The van der Waals surface area contributed by atoms with Gasteiger partial charge in [-0.3, -0.25) is 9.78 Å². The van der Waals surface area contributed by atoms with Gasteiger partial charge in [-0.15, -0.1) is 0 Å². The highest BCUT2D eigenvalue weighted by Crippen LogP contribution is 2.15. The molecule has 0 spiro atoms. The average Bonchev–Trinajstić information content (AvgIpc) is 2.62. The second-order valence-corrected chi connectivity index (χ2v) is 6.03. The number of nitrogens with one attached hydrogen (secondary N) is 3. The minimum atomic E-state index is -0.346. The van der Waals surface area contributed by atoms with Crippen molar-refractivity contribution >= 4 is 34.3 Å². The predicted octanol–water partition coefficient (Wildman–Crippen LogP) is 3.41. The van der Waals surface area contributed by atoms with Gasteiger partial charge in [0.05, 0.1) is 17.2 Å². The zero-order chi connectivity index (χ0) is 18.5. The van der Waals surface area contributed by atoms with Crippen molar-refractivity contribution in [3.8, 4) is 0 Å². The zero-order valence-electron chi connectivity index (χ0n) is 14.5. The van der Waals surface area contributed by atoms with Gasteiger partial charge in [0.1, 0.15) is 5.69 Å². The van der Waals surface area contributed by atoms with Crippen molar-refractivity contribution in [2.75, 3.05) is 10.6 Å². The van der Waals surface area contributed by atoms with Crippen LogP contribution in [0.1, 0.15) is 24.3 Å². The lowest BCUT2D eigenvalue weighted by Crippen LogP contribution is -2.34. The lowest BCUT2D eigenvalue weighted by Gasteiger charge is -2.11. The fraction of sp³-hybridized carbons (Fsp3) is 0.158. The monoisotopic (exact) mass is 349 g/mol. The average molecular weight is 349 g/mol. The number of anilines is 2. The minimum Gasteiger partial charge on any atom is -0.336 e. The Kier molecular flexibility index (Phi) is 5.07. The van der Waals surface area contributed by atoms with E-state index in [1.165, 1.54) is 6.20 Å². The van der Waals surface area contributed by atoms with E-state index in [4.69, 9.17) is 0 Å². The van der Waals surface area contributed by atoms with Crippen LogP contribution in [0.15, 0.2) is 54.7 Å². The molecule has 0 unspecified atom stereocenters. The Bertz CT molecular complexity index is 938. The molecule has 3 aromatic rings. The SMILES string of the molecule is CC(C)NC(=O)Nc1ccc(NC(=O)c2cnc3ccccc3n2)cc1. The molecule has 0 aliphatic carbocycles. The quantitative estimate of drug-likeness (QED) is 0.672. The summed E-state index contributed by atoms with van der Waals surface area (Å²) in [5.41, 5.74) is 2.86. The summed E-state index contributed by atoms with van der Waals surface area (Å²) in [6.45, 7) is 3.77. The Morgan fingerprint density at radius 1 is 0.885 bits per heavy atom. The van der Waals surface area contributed by atoms with Gasteiger partial charge in [0.15, 0.2) is 0 Å². The van der Waals surface area contributed by atoms with E-state index in [0.717, 1.165) is 5.52 Å². The van der Waals surface area contributed by atoms with Crippen molar-refractivity contribution in [1.82, 2.24) is 15.3 Å². The third-order valence-corrected chi connectivity index (χ3v) is 3.50. The maximum absolute atomic E-state index is 12.3. The number of para-hydroxylation sites is 2. The molecule has 0 aliphatic rings. The van der Waals surface area contributed by atoms with Gasteiger partial charge in [-0.25, -0.2) is 9.78 Å². The van der Waals surface area contributed by atoms with Crippen LogP contribution in [0, 0.1) is 0 Å². The molecule has 0 atom stereocenters. The van der Waals surface area contributed by atoms with Gasteiger partial charge in [-0.2, -0.15) is 0 Å². The number of urea groups is 1. The predicted molar refractivity (Wildman–Crippen MR) is 101 cm³/mol. The maximum Gasteiger partial charge on any atom is 0.319 e. The first-order chi connectivity index (χ1) is 12.5. The van der Waals surface area contributed by atoms with E-state index in [0.29, 0.717) is 16.9 Å². The van der Waals surface area contributed by atoms with Gasteiger partial charge >= 0.3 is 6.03 Å². The van der Waals surface area contributed by atoms with Crippen LogP contribution in [0.4, 0.5) is 16.2 Å². The number of nitrogens with zero attached hydrogens (tertiary/aromatic N) is 2. The Labute approximate surface area is 150 Å². The van der Waals surface area contributed by atoms with E-state index in [-0.39, 0.29) is 23.7 Å². The van der Waals surface area contributed by atoms with E-state index in [1.807, 2.05) is 38.1 Å². The standard InChI is InChI=1S/C19H19N5O2/c1-12(2)21-19(26)23-14-9-7-13(8-10-14)22-18(25)17-11-20-15-5-3-4-6-16(15)24-17/h3-12H,1-2H3,(H,22,25)(H2,21,23,26). The molecule has 7 nitrogen and oxygen atoms in total. The molecule has 3 rings (SSSR count). The lowest BCUT2D eigenvalue weighted by atomic mass is 10.2. The molecule has 3 amide bonds. The number of benzene rings is 2. The van der Waals surface area contributed by atoms with Gasteiger partial charge < -0.3 is 16.0 Å². The van der Waals surface area contributed by atoms with E-state index < -0.39 is 0 Å². The van der Waals surface area contributed by atoms with Crippen LogP contribution in [0.5, 0.6) is 0 Å². The largest absolute Gasteiger partial charge is 0.336 e. The van der Waals surface area contributed by atoms with Crippen LogP contribution in [0.25, 0.3) is 11.0 Å². The molecule has 3 N–H and O–H groups in total. The third-order valence-electron chi connectivity index (χ3n) is 3.50. The third kappa shape index (κ3) is 4.32. The van der Waals surface area contributed by atoms with Crippen molar-refractivity contribution < 1.29 is 9.59 Å². The number of hydrogen-bond donors (Lipinski definition) is 3. The molecule has 0 radical (unpaired) electrons. The second-order valence-electron chi connectivity index (χ2n) is 6.03. The normalized spacial score (nSPS) is 10.6. The highest BCUT2D eigenvalue weighted by atomic mass is 16.2. The van der Waals surface area contributed by atoms with Crippen molar-refractivity contribution in [3.05, 3.63) is 60.4 Å². The molecule has 132 valence electrons. The lowest BCUT2D eigenvalue weighted by molar-refractivity contribution is 0.102. The van der Waals surface area contributed by atoms with Gasteiger partial charge in [0.2, 0.25) is 0 Å². The number of amides is 3. The van der Waals surface area contributed by atoms with E-state index in [2.05, 4.69) is 25.9 Å². The number of hydrogen-bond acceptors (Lipinski definition) is 4. The van der Waals surface area contributed by atoms with Crippen LogP contribution in [-0.2, 0) is 0 Å². The topological polar surface area (TPSA) is 96.0 Å². The fourth-order valence-electron chi connectivity index (χ4n) is 2.33. The molecule has 0 saturated carbocycles.